The van der Waals surface area contributed by atoms with E-state index >= 15 is 0 Å². The summed E-state index contributed by atoms with van der Waals surface area (Å²) in [6.07, 6.45) is 6.91. The second-order valence-electron chi connectivity index (χ2n) is 8.22. The van der Waals surface area contributed by atoms with E-state index in [2.05, 4.69) is 23.2 Å². The Hall–Kier alpha value is -1.82. The number of benzene rings is 1. The van der Waals surface area contributed by atoms with E-state index in [0.29, 0.717) is 18.6 Å². The number of carbonyl (C=O) groups is 1. The van der Waals surface area contributed by atoms with Crippen LogP contribution in [-0.4, -0.2) is 36.6 Å². The lowest BCUT2D eigenvalue weighted by Gasteiger charge is -2.35. The number of carbonyl (C=O) groups excluding carboxylic acids is 1. The van der Waals surface area contributed by atoms with Crippen LogP contribution in [0.3, 0.4) is 0 Å². The van der Waals surface area contributed by atoms with Gasteiger partial charge in [-0.05, 0) is 56.7 Å². The van der Waals surface area contributed by atoms with Crippen LogP contribution in [0.5, 0.6) is 5.75 Å². The third-order valence-electron chi connectivity index (χ3n) is 6.16. The minimum Gasteiger partial charge on any atom is -0.494 e. The third kappa shape index (κ3) is 4.27. The summed E-state index contributed by atoms with van der Waals surface area (Å²) in [5, 5.41) is 4.38. The number of ether oxygens (including phenoxy) is 1. The molecule has 6 heteroatoms. The molecule has 3 atom stereocenters. The van der Waals surface area contributed by atoms with Gasteiger partial charge in [-0.2, -0.15) is 0 Å². The number of piperidine rings is 1. The van der Waals surface area contributed by atoms with E-state index < -0.39 is 0 Å². The quantitative estimate of drug-likeness (QED) is 0.795. The lowest BCUT2D eigenvalue weighted by molar-refractivity contribution is -0.126. The predicted molar refractivity (Wildman–Crippen MR) is 115 cm³/mol. The largest absolute Gasteiger partial charge is 0.494 e. The van der Waals surface area contributed by atoms with Crippen LogP contribution in [0.1, 0.15) is 52.4 Å². The molecule has 0 bridgehead atoms. The topological polar surface area (TPSA) is 54.5 Å². The second-order valence-corrected chi connectivity index (χ2v) is 9.23. The van der Waals surface area contributed by atoms with Crippen LogP contribution < -0.4 is 15.0 Å². The molecule has 3 unspecified atom stereocenters. The number of nitrogens with one attached hydrogen (secondary N) is 1. The number of thiazole rings is 1. The number of rotatable bonds is 5. The summed E-state index contributed by atoms with van der Waals surface area (Å²) in [6.45, 7) is 6.68. The van der Waals surface area contributed by atoms with Crippen LogP contribution in [0.4, 0.5) is 5.13 Å². The fraction of sp³-hybridized carbons (Fsp3) is 0.636. The predicted octanol–water partition coefficient (Wildman–Crippen LogP) is 4.61. The number of nitrogens with zero attached hydrogens (tertiary/aromatic N) is 2. The molecule has 1 N–H and O–H groups in total. The van der Waals surface area contributed by atoms with Gasteiger partial charge >= 0.3 is 0 Å². The number of hydrogen-bond donors (Lipinski definition) is 1. The van der Waals surface area contributed by atoms with E-state index in [1.807, 2.05) is 19.1 Å². The smallest absolute Gasteiger partial charge is 0.225 e. The van der Waals surface area contributed by atoms with Crippen molar-refractivity contribution < 1.29 is 9.53 Å². The molecule has 1 aliphatic heterocycles. The molecule has 0 spiro atoms. The number of amides is 1. The SMILES string of the molecule is CCOc1ccc2nc(N3CCCC(C(=O)NC4CCCCC4C)C3)sc2c1. The molecule has 2 aromatic rings. The fourth-order valence-electron chi connectivity index (χ4n) is 4.48. The van der Waals surface area contributed by atoms with Crippen molar-refractivity contribution in [1.82, 2.24) is 10.3 Å². The Labute approximate surface area is 171 Å². The van der Waals surface area contributed by atoms with Crippen LogP contribution >= 0.6 is 11.3 Å². The highest BCUT2D eigenvalue weighted by Crippen LogP contribution is 2.34. The molecule has 1 aliphatic carbocycles. The molecule has 4 rings (SSSR count). The van der Waals surface area contributed by atoms with Crippen molar-refractivity contribution in [2.45, 2.75) is 58.4 Å². The molecule has 0 radical (unpaired) electrons. The van der Waals surface area contributed by atoms with E-state index in [9.17, 15) is 4.79 Å². The molecule has 1 aromatic heterocycles. The molecule has 2 heterocycles. The first-order chi connectivity index (χ1) is 13.6. The zero-order chi connectivity index (χ0) is 19.5. The molecule has 2 fully saturated rings. The lowest BCUT2D eigenvalue weighted by atomic mass is 9.85. The van der Waals surface area contributed by atoms with Crippen molar-refractivity contribution in [3.05, 3.63) is 18.2 Å². The molecule has 1 aromatic carbocycles. The molecule has 28 heavy (non-hydrogen) atoms. The molecular formula is C22H31N3O2S. The molecule has 2 aliphatic rings. The molecular weight excluding hydrogens is 370 g/mol. The van der Waals surface area contributed by atoms with Gasteiger partial charge in [0.05, 0.1) is 22.7 Å². The van der Waals surface area contributed by atoms with Gasteiger partial charge in [0.1, 0.15) is 5.75 Å². The Morgan fingerprint density at radius 3 is 2.96 bits per heavy atom. The van der Waals surface area contributed by atoms with Gasteiger partial charge < -0.3 is 15.0 Å². The summed E-state index contributed by atoms with van der Waals surface area (Å²) in [4.78, 5) is 20.0. The van der Waals surface area contributed by atoms with Gasteiger partial charge in [-0.25, -0.2) is 4.98 Å². The van der Waals surface area contributed by atoms with E-state index in [0.717, 1.165) is 53.4 Å². The maximum absolute atomic E-state index is 12.9. The van der Waals surface area contributed by atoms with Gasteiger partial charge in [-0.1, -0.05) is 31.1 Å². The summed E-state index contributed by atoms with van der Waals surface area (Å²) in [5.74, 6) is 1.79. The van der Waals surface area contributed by atoms with Gasteiger partial charge in [0.15, 0.2) is 5.13 Å². The summed E-state index contributed by atoms with van der Waals surface area (Å²) in [6, 6.07) is 6.43. The monoisotopic (exact) mass is 401 g/mol. The molecule has 152 valence electrons. The van der Waals surface area contributed by atoms with Gasteiger partial charge in [-0.3, -0.25) is 4.79 Å². The van der Waals surface area contributed by atoms with Crippen molar-refractivity contribution in [2.24, 2.45) is 11.8 Å². The zero-order valence-corrected chi connectivity index (χ0v) is 17.8. The van der Waals surface area contributed by atoms with E-state index in [1.54, 1.807) is 11.3 Å². The Morgan fingerprint density at radius 2 is 2.14 bits per heavy atom. The van der Waals surface area contributed by atoms with Gasteiger partial charge in [0, 0.05) is 19.1 Å². The number of hydrogen-bond acceptors (Lipinski definition) is 5. The Morgan fingerprint density at radius 1 is 1.29 bits per heavy atom. The van der Waals surface area contributed by atoms with Crippen molar-refractivity contribution in [1.29, 1.82) is 0 Å². The highest BCUT2D eigenvalue weighted by Gasteiger charge is 2.30. The minimum atomic E-state index is 0.0638. The first-order valence-electron chi connectivity index (χ1n) is 10.7. The second kappa shape index (κ2) is 8.68. The number of fused-ring (bicyclic) bond motifs is 1. The molecule has 5 nitrogen and oxygen atoms in total. The maximum atomic E-state index is 12.9. The average molecular weight is 402 g/mol. The van der Waals surface area contributed by atoms with Gasteiger partial charge in [0.25, 0.3) is 0 Å². The molecule has 1 amide bonds. The summed E-state index contributed by atoms with van der Waals surface area (Å²) < 4.78 is 6.75. The summed E-state index contributed by atoms with van der Waals surface area (Å²) >= 11 is 1.70. The highest BCUT2D eigenvalue weighted by molar-refractivity contribution is 7.22. The number of aromatic nitrogens is 1. The van der Waals surface area contributed by atoms with Crippen molar-refractivity contribution >= 4 is 32.6 Å². The Bertz CT molecular complexity index is 821. The highest BCUT2D eigenvalue weighted by atomic mass is 32.1. The normalized spacial score (nSPS) is 25.6. The van der Waals surface area contributed by atoms with Gasteiger partial charge in [0.2, 0.25) is 5.91 Å². The van der Waals surface area contributed by atoms with Crippen LogP contribution in [0.15, 0.2) is 18.2 Å². The van der Waals surface area contributed by atoms with Crippen molar-refractivity contribution in [3.63, 3.8) is 0 Å². The third-order valence-corrected chi connectivity index (χ3v) is 7.24. The molecule has 1 saturated carbocycles. The standard InChI is InChI=1S/C22H31N3O2S/c1-3-27-17-10-11-19-20(13-17)28-22(24-19)25-12-6-8-16(14-25)21(26)23-18-9-5-4-7-15(18)2/h10-11,13,15-16,18H,3-9,12,14H2,1-2H3,(H,23,26). The van der Waals surface area contributed by atoms with Gasteiger partial charge in [-0.15, -0.1) is 0 Å². The van der Waals surface area contributed by atoms with E-state index in [1.165, 1.54) is 19.3 Å². The Balaban J connectivity index is 1.43. The number of anilines is 1. The summed E-state index contributed by atoms with van der Waals surface area (Å²) in [5.41, 5.74) is 1.01. The van der Waals surface area contributed by atoms with Crippen LogP contribution in [-0.2, 0) is 4.79 Å². The fourth-order valence-corrected chi connectivity index (χ4v) is 5.51. The lowest BCUT2D eigenvalue weighted by Crippen LogP contribution is -2.48. The molecule has 1 saturated heterocycles. The average Bonchev–Trinajstić information content (AvgIpc) is 3.13. The minimum absolute atomic E-state index is 0.0638. The Kier molecular flexibility index (Phi) is 6.04. The first kappa shape index (κ1) is 19.5. The maximum Gasteiger partial charge on any atom is 0.225 e. The van der Waals surface area contributed by atoms with E-state index in [-0.39, 0.29) is 11.8 Å². The zero-order valence-electron chi connectivity index (χ0n) is 16.9. The van der Waals surface area contributed by atoms with Crippen LogP contribution in [0.2, 0.25) is 0 Å². The van der Waals surface area contributed by atoms with Crippen LogP contribution in [0.25, 0.3) is 10.2 Å². The van der Waals surface area contributed by atoms with Crippen molar-refractivity contribution in [3.8, 4) is 5.75 Å². The van der Waals surface area contributed by atoms with E-state index in [4.69, 9.17) is 9.72 Å². The summed E-state index contributed by atoms with van der Waals surface area (Å²) in [7, 11) is 0. The first-order valence-corrected chi connectivity index (χ1v) is 11.5. The van der Waals surface area contributed by atoms with Crippen LogP contribution in [0, 0.1) is 11.8 Å². The van der Waals surface area contributed by atoms with Crippen molar-refractivity contribution in [2.75, 3.05) is 24.6 Å².